The number of hydrogen-bond donors (Lipinski definition) is 1. The average molecular weight is 261 g/mol. The van der Waals surface area contributed by atoms with Crippen LogP contribution in [0.15, 0.2) is 24.3 Å². The van der Waals surface area contributed by atoms with Crippen molar-refractivity contribution in [3.05, 3.63) is 24.3 Å². The van der Waals surface area contributed by atoms with Crippen LogP contribution in [-0.2, 0) is 0 Å². The summed E-state index contributed by atoms with van der Waals surface area (Å²) in [5.74, 6) is 0.725. The molecule has 18 heavy (non-hydrogen) atoms. The lowest BCUT2D eigenvalue weighted by atomic mass is 10.1. The van der Waals surface area contributed by atoms with Gasteiger partial charge in [0.05, 0.1) is 7.11 Å². The lowest BCUT2D eigenvalue weighted by Gasteiger charge is -2.16. The molecule has 5 heteroatoms. The molecule has 1 aromatic carbocycles. The minimum absolute atomic E-state index is 0.000504. The number of ether oxygens (including phenoxy) is 1. The van der Waals surface area contributed by atoms with Crippen LogP contribution in [0.1, 0.15) is 26.2 Å². The van der Waals surface area contributed by atoms with E-state index in [1.54, 1.807) is 7.11 Å². The van der Waals surface area contributed by atoms with Gasteiger partial charge < -0.3 is 10.1 Å². The second-order valence-corrected chi connectivity index (χ2v) is 4.28. The third-order valence-electron chi connectivity index (χ3n) is 2.58. The van der Waals surface area contributed by atoms with E-state index in [2.05, 4.69) is 5.32 Å². The van der Waals surface area contributed by atoms with Crippen LogP contribution >= 0.6 is 0 Å². The van der Waals surface area contributed by atoms with E-state index in [9.17, 15) is 13.2 Å². The van der Waals surface area contributed by atoms with Gasteiger partial charge in [-0.15, -0.1) is 0 Å². The molecule has 1 aromatic rings. The largest absolute Gasteiger partial charge is 0.497 e. The van der Waals surface area contributed by atoms with E-state index in [0.29, 0.717) is 6.42 Å². The normalized spacial score (nSPS) is 13.2. The second kappa shape index (κ2) is 6.52. The first-order valence-electron chi connectivity index (χ1n) is 5.88. The highest BCUT2D eigenvalue weighted by Gasteiger charge is 2.26. The summed E-state index contributed by atoms with van der Waals surface area (Å²) in [7, 11) is 1.58. The van der Waals surface area contributed by atoms with E-state index < -0.39 is 12.6 Å². The molecule has 1 atom stereocenters. The monoisotopic (exact) mass is 261 g/mol. The molecule has 0 aliphatic rings. The maximum absolute atomic E-state index is 12.0. The summed E-state index contributed by atoms with van der Waals surface area (Å²) in [4.78, 5) is 0. The fourth-order valence-corrected chi connectivity index (χ4v) is 1.68. The smallest absolute Gasteiger partial charge is 0.389 e. The number of rotatable bonds is 6. The molecule has 0 bridgehead atoms. The topological polar surface area (TPSA) is 21.3 Å². The molecular formula is C13H18F3NO. The molecule has 2 nitrogen and oxygen atoms in total. The number of hydrogen-bond acceptors (Lipinski definition) is 2. The van der Waals surface area contributed by atoms with Crippen molar-refractivity contribution in [2.75, 3.05) is 12.4 Å². The molecule has 1 unspecified atom stereocenters. The summed E-state index contributed by atoms with van der Waals surface area (Å²) in [5.41, 5.74) is 0.855. The van der Waals surface area contributed by atoms with Gasteiger partial charge in [0.15, 0.2) is 0 Å². The maximum Gasteiger partial charge on any atom is 0.389 e. The summed E-state index contributed by atoms with van der Waals surface area (Å²) in [5, 5.41) is 3.16. The summed E-state index contributed by atoms with van der Waals surface area (Å²) in [6.45, 7) is 1.87. The van der Waals surface area contributed by atoms with Gasteiger partial charge in [-0.05, 0) is 31.9 Å². The van der Waals surface area contributed by atoms with Crippen molar-refractivity contribution in [2.24, 2.45) is 0 Å². The molecule has 0 aliphatic carbocycles. The number of alkyl halides is 3. The van der Waals surface area contributed by atoms with Gasteiger partial charge in [0.1, 0.15) is 5.75 Å². The van der Waals surface area contributed by atoms with E-state index >= 15 is 0 Å². The molecule has 0 saturated heterocycles. The van der Waals surface area contributed by atoms with Crippen molar-refractivity contribution in [3.63, 3.8) is 0 Å². The van der Waals surface area contributed by atoms with Crippen LogP contribution < -0.4 is 10.1 Å². The van der Waals surface area contributed by atoms with Crippen LogP contribution in [0.25, 0.3) is 0 Å². The Bertz CT molecular complexity index is 365. The standard InChI is InChI=1S/C13H18F3NO/c1-10(5-4-8-13(14,15)16)17-11-6-3-7-12(9-11)18-2/h3,6-7,9-10,17H,4-5,8H2,1-2H3. The highest BCUT2D eigenvalue weighted by Crippen LogP contribution is 2.23. The Kier molecular flexibility index (Phi) is 5.31. The van der Waals surface area contributed by atoms with E-state index in [-0.39, 0.29) is 12.5 Å². The Morgan fingerprint density at radius 3 is 2.67 bits per heavy atom. The van der Waals surface area contributed by atoms with Gasteiger partial charge in [0, 0.05) is 24.2 Å². The molecule has 0 radical (unpaired) electrons. The fourth-order valence-electron chi connectivity index (χ4n) is 1.68. The fraction of sp³-hybridized carbons (Fsp3) is 0.538. The van der Waals surface area contributed by atoms with Gasteiger partial charge >= 0.3 is 6.18 Å². The Hall–Kier alpha value is -1.39. The molecule has 1 rings (SSSR count). The van der Waals surface area contributed by atoms with Gasteiger partial charge in [-0.3, -0.25) is 0 Å². The van der Waals surface area contributed by atoms with E-state index in [0.717, 1.165) is 11.4 Å². The zero-order valence-electron chi connectivity index (χ0n) is 10.6. The number of benzene rings is 1. The van der Waals surface area contributed by atoms with E-state index in [1.165, 1.54) is 0 Å². The predicted octanol–water partition coefficient (Wildman–Crippen LogP) is 4.23. The van der Waals surface area contributed by atoms with Gasteiger partial charge in [-0.1, -0.05) is 6.07 Å². The number of halogens is 3. The van der Waals surface area contributed by atoms with Crippen LogP contribution in [0, 0.1) is 0 Å². The Morgan fingerprint density at radius 2 is 2.06 bits per heavy atom. The highest BCUT2D eigenvalue weighted by molar-refractivity contribution is 5.48. The third-order valence-corrected chi connectivity index (χ3v) is 2.58. The Labute approximate surface area is 105 Å². The average Bonchev–Trinajstić information content (AvgIpc) is 2.27. The molecule has 0 heterocycles. The van der Waals surface area contributed by atoms with Gasteiger partial charge in [-0.2, -0.15) is 13.2 Å². The van der Waals surface area contributed by atoms with Crippen molar-refractivity contribution in [3.8, 4) is 5.75 Å². The van der Waals surface area contributed by atoms with Crippen molar-refractivity contribution in [1.82, 2.24) is 0 Å². The summed E-state index contributed by atoms with van der Waals surface area (Å²) < 4.78 is 41.1. The third kappa shape index (κ3) is 5.80. The number of nitrogens with one attached hydrogen (secondary N) is 1. The molecule has 1 N–H and O–H groups in total. The first-order chi connectivity index (χ1) is 8.40. The molecule has 0 aromatic heterocycles. The molecule has 0 amide bonds. The first-order valence-corrected chi connectivity index (χ1v) is 5.88. The lowest BCUT2D eigenvalue weighted by Crippen LogP contribution is -2.16. The van der Waals surface area contributed by atoms with Crippen molar-refractivity contribution in [1.29, 1.82) is 0 Å². The molecular weight excluding hydrogens is 243 g/mol. The highest BCUT2D eigenvalue weighted by atomic mass is 19.4. The maximum atomic E-state index is 12.0. The first kappa shape index (κ1) is 14.7. The van der Waals surface area contributed by atoms with Crippen LogP contribution in [0.5, 0.6) is 5.75 Å². The minimum atomic E-state index is -4.06. The lowest BCUT2D eigenvalue weighted by molar-refractivity contribution is -0.135. The quantitative estimate of drug-likeness (QED) is 0.827. The van der Waals surface area contributed by atoms with Crippen LogP contribution in [0.3, 0.4) is 0 Å². The number of anilines is 1. The van der Waals surface area contributed by atoms with Crippen molar-refractivity contribution in [2.45, 2.75) is 38.4 Å². The summed E-state index contributed by atoms with van der Waals surface area (Å²) >= 11 is 0. The summed E-state index contributed by atoms with van der Waals surface area (Å²) in [6, 6.07) is 7.34. The van der Waals surface area contributed by atoms with Crippen LogP contribution in [0.2, 0.25) is 0 Å². The molecule has 0 saturated carbocycles. The second-order valence-electron chi connectivity index (χ2n) is 4.28. The number of methoxy groups -OCH3 is 1. The zero-order chi connectivity index (χ0) is 13.6. The van der Waals surface area contributed by atoms with E-state index in [4.69, 9.17) is 4.74 Å². The van der Waals surface area contributed by atoms with Crippen LogP contribution in [0.4, 0.5) is 18.9 Å². The van der Waals surface area contributed by atoms with Gasteiger partial charge in [0.25, 0.3) is 0 Å². The molecule has 0 spiro atoms. The SMILES string of the molecule is COc1cccc(NC(C)CCCC(F)(F)F)c1. The minimum Gasteiger partial charge on any atom is -0.497 e. The molecule has 0 fully saturated rings. The summed E-state index contributed by atoms with van der Waals surface area (Å²) in [6.07, 6.45) is -4.16. The van der Waals surface area contributed by atoms with Gasteiger partial charge in [0.2, 0.25) is 0 Å². The van der Waals surface area contributed by atoms with Gasteiger partial charge in [-0.25, -0.2) is 0 Å². The molecule has 0 aliphatic heterocycles. The van der Waals surface area contributed by atoms with Crippen molar-refractivity contribution >= 4 is 5.69 Å². The zero-order valence-corrected chi connectivity index (χ0v) is 10.6. The predicted molar refractivity (Wildman–Crippen MR) is 66.0 cm³/mol. The Balaban J connectivity index is 2.37. The Morgan fingerprint density at radius 1 is 1.33 bits per heavy atom. The van der Waals surface area contributed by atoms with E-state index in [1.807, 2.05) is 31.2 Å². The van der Waals surface area contributed by atoms with Crippen molar-refractivity contribution < 1.29 is 17.9 Å². The molecule has 102 valence electrons. The van der Waals surface area contributed by atoms with Crippen LogP contribution in [-0.4, -0.2) is 19.3 Å².